The summed E-state index contributed by atoms with van der Waals surface area (Å²) < 4.78 is 5.44. The normalized spacial score (nSPS) is 15.5. The van der Waals surface area contributed by atoms with Crippen molar-refractivity contribution in [1.82, 2.24) is 24.7 Å². The highest BCUT2D eigenvalue weighted by Gasteiger charge is 2.29. The van der Waals surface area contributed by atoms with Gasteiger partial charge in [-0.2, -0.15) is 0 Å². The summed E-state index contributed by atoms with van der Waals surface area (Å²) in [6.45, 7) is 8.21. The molecule has 0 spiro atoms. The van der Waals surface area contributed by atoms with Crippen molar-refractivity contribution in [1.29, 1.82) is 0 Å². The molecule has 198 valence electrons. The van der Waals surface area contributed by atoms with E-state index in [1.54, 1.807) is 26.8 Å². The third-order valence-electron chi connectivity index (χ3n) is 6.75. The van der Waals surface area contributed by atoms with Crippen LogP contribution in [-0.2, 0) is 29.0 Å². The van der Waals surface area contributed by atoms with E-state index >= 15 is 0 Å². The molecule has 10 heteroatoms. The lowest BCUT2D eigenvalue weighted by molar-refractivity contribution is -0.132. The van der Waals surface area contributed by atoms with E-state index in [-0.39, 0.29) is 36.0 Å². The minimum atomic E-state index is -0.562. The van der Waals surface area contributed by atoms with Crippen molar-refractivity contribution in [3.63, 3.8) is 0 Å². The van der Waals surface area contributed by atoms with Gasteiger partial charge in [-0.1, -0.05) is 30.3 Å². The third kappa shape index (κ3) is 5.39. The van der Waals surface area contributed by atoms with Gasteiger partial charge in [0.25, 0.3) is 5.91 Å². The number of hydrogen-bond acceptors (Lipinski definition) is 7. The van der Waals surface area contributed by atoms with Crippen LogP contribution in [-0.4, -0.2) is 74.4 Å². The van der Waals surface area contributed by atoms with E-state index in [9.17, 15) is 14.4 Å². The zero-order valence-electron chi connectivity index (χ0n) is 21.9. The monoisotopic (exact) mass is 516 g/mol. The van der Waals surface area contributed by atoms with Crippen LogP contribution in [0, 0.1) is 0 Å². The molecule has 2 aromatic carbocycles. The highest BCUT2D eigenvalue weighted by Crippen LogP contribution is 2.27. The third-order valence-corrected chi connectivity index (χ3v) is 6.75. The molecule has 2 aliphatic heterocycles. The summed E-state index contributed by atoms with van der Waals surface area (Å²) in [7, 11) is 0. The van der Waals surface area contributed by atoms with Gasteiger partial charge in [0.2, 0.25) is 11.9 Å². The second-order valence-electron chi connectivity index (χ2n) is 10.7. The fourth-order valence-electron chi connectivity index (χ4n) is 4.84. The van der Waals surface area contributed by atoms with Gasteiger partial charge in [0.05, 0.1) is 11.9 Å². The molecule has 2 N–H and O–H groups in total. The van der Waals surface area contributed by atoms with Gasteiger partial charge < -0.3 is 25.2 Å². The number of aromatic nitrogens is 2. The Kier molecular flexibility index (Phi) is 6.64. The Morgan fingerprint density at radius 3 is 2.16 bits per heavy atom. The predicted molar refractivity (Wildman–Crippen MR) is 142 cm³/mol. The number of amides is 3. The molecular weight excluding hydrogens is 484 g/mol. The summed E-state index contributed by atoms with van der Waals surface area (Å²) in [5.74, 6) is -0.237. The number of nitrogens with two attached hydrogens (primary N) is 1. The van der Waals surface area contributed by atoms with Gasteiger partial charge >= 0.3 is 6.09 Å². The SMILES string of the molecule is CC(C)(C)OC(=O)N1CCN(C(=O)Cc2ccc3nc(N)nc(C(=O)N4Cc5ccccc5C4)c3c2)CC1. The number of hydrogen-bond donors (Lipinski definition) is 1. The molecule has 0 bridgehead atoms. The van der Waals surface area contributed by atoms with Crippen LogP contribution >= 0.6 is 0 Å². The first-order valence-corrected chi connectivity index (χ1v) is 12.8. The number of carbonyl (C=O) groups is 3. The zero-order valence-corrected chi connectivity index (χ0v) is 21.9. The van der Waals surface area contributed by atoms with Gasteiger partial charge in [0.15, 0.2) is 0 Å². The number of benzene rings is 2. The largest absolute Gasteiger partial charge is 0.444 e. The summed E-state index contributed by atoms with van der Waals surface area (Å²) in [4.78, 5) is 52.6. The number of ether oxygens (including phenoxy) is 1. The summed E-state index contributed by atoms with van der Waals surface area (Å²) in [5.41, 5.74) is 9.15. The quantitative estimate of drug-likeness (QED) is 0.568. The highest BCUT2D eigenvalue weighted by atomic mass is 16.6. The Bertz CT molecular complexity index is 1380. The van der Waals surface area contributed by atoms with Gasteiger partial charge in [-0.05, 0) is 49.6 Å². The summed E-state index contributed by atoms with van der Waals surface area (Å²) in [5, 5.41) is 0.570. The van der Waals surface area contributed by atoms with Crippen LogP contribution in [0.3, 0.4) is 0 Å². The van der Waals surface area contributed by atoms with Crippen LogP contribution in [0.4, 0.5) is 10.7 Å². The van der Waals surface area contributed by atoms with Gasteiger partial charge in [-0.15, -0.1) is 0 Å². The smallest absolute Gasteiger partial charge is 0.410 e. The maximum absolute atomic E-state index is 13.5. The van der Waals surface area contributed by atoms with Crippen molar-refractivity contribution < 1.29 is 19.1 Å². The summed E-state index contributed by atoms with van der Waals surface area (Å²) in [6.07, 6.45) is -0.202. The number of carbonyl (C=O) groups excluding carboxylic acids is 3. The van der Waals surface area contributed by atoms with Gasteiger partial charge in [-0.25, -0.2) is 14.8 Å². The Morgan fingerprint density at radius 1 is 0.895 bits per heavy atom. The molecule has 3 aromatic rings. The standard InChI is InChI=1S/C28H32N6O4/c1-28(2,3)38-27(37)33-12-10-32(11-13-33)23(35)15-18-8-9-22-21(14-18)24(31-26(29)30-22)25(36)34-16-19-6-4-5-7-20(19)17-34/h4-9,14H,10-13,15-17H2,1-3H3,(H2,29,30,31). The van der Waals surface area contributed by atoms with E-state index in [4.69, 9.17) is 10.5 Å². The molecule has 0 radical (unpaired) electrons. The van der Waals surface area contributed by atoms with Crippen molar-refractivity contribution in [2.75, 3.05) is 31.9 Å². The molecule has 5 rings (SSSR count). The molecule has 2 aliphatic rings. The van der Waals surface area contributed by atoms with Crippen molar-refractivity contribution in [2.45, 2.75) is 45.9 Å². The van der Waals surface area contributed by atoms with Gasteiger partial charge in [0, 0.05) is 44.7 Å². The highest BCUT2D eigenvalue weighted by molar-refractivity contribution is 6.05. The Balaban J connectivity index is 1.29. The molecule has 1 aromatic heterocycles. The first-order valence-electron chi connectivity index (χ1n) is 12.8. The van der Waals surface area contributed by atoms with Crippen molar-refractivity contribution in [3.05, 3.63) is 64.8 Å². The minimum Gasteiger partial charge on any atom is -0.444 e. The Labute approximate surface area is 221 Å². The fourth-order valence-corrected chi connectivity index (χ4v) is 4.84. The average Bonchev–Trinajstić information content (AvgIpc) is 3.31. The molecule has 0 atom stereocenters. The lowest BCUT2D eigenvalue weighted by Gasteiger charge is -2.35. The lowest BCUT2D eigenvalue weighted by Crippen LogP contribution is -2.52. The van der Waals surface area contributed by atoms with Crippen molar-refractivity contribution >= 4 is 34.8 Å². The van der Waals surface area contributed by atoms with Crippen LogP contribution in [0.2, 0.25) is 0 Å². The van der Waals surface area contributed by atoms with Crippen LogP contribution < -0.4 is 5.73 Å². The average molecular weight is 517 g/mol. The Morgan fingerprint density at radius 2 is 1.53 bits per heavy atom. The summed E-state index contributed by atoms with van der Waals surface area (Å²) >= 11 is 0. The molecule has 1 fully saturated rings. The fraction of sp³-hybridized carbons (Fsp3) is 0.393. The first kappa shape index (κ1) is 25.4. The minimum absolute atomic E-state index is 0.0317. The van der Waals surface area contributed by atoms with Gasteiger partial charge in [-0.3, -0.25) is 9.59 Å². The van der Waals surface area contributed by atoms with E-state index in [1.807, 2.05) is 51.1 Å². The topological polar surface area (TPSA) is 122 Å². The number of nitrogens with zero attached hydrogens (tertiary/aromatic N) is 5. The van der Waals surface area contributed by atoms with Crippen molar-refractivity contribution in [2.24, 2.45) is 0 Å². The maximum Gasteiger partial charge on any atom is 0.410 e. The van der Waals surface area contributed by atoms with E-state index in [2.05, 4.69) is 9.97 Å². The zero-order chi connectivity index (χ0) is 27.0. The second-order valence-corrected chi connectivity index (χ2v) is 10.7. The van der Waals surface area contributed by atoms with Gasteiger partial charge in [0.1, 0.15) is 11.3 Å². The molecule has 0 aliphatic carbocycles. The number of rotatable bonds is 3. The number of anilines is 1. The second kappa shape index (κ2) is 9.92. The first-order chi connectivity index (χ1) is 18.1. The number of fused-ring (bicyclic) bond motifs is 2. The summed E-state index contributed by atoms with van der Waals surface area (Å²) in [6, 6.07) is 13.4. The van der Waals surface area contributed by atoms with E-state index < -0.39 is 5.60 Å². The van der Waals surface area contributed by atoms with Crippen LogP contribution in [0.5, 0.6) is 0 Å². The Hall–Kier alpha value is -4.21. The van der Waals surface area contributed by atoms with E-state index in [1.165, 1.54) is 0 Å². The molecular formula is C28H32N6O4. The molecule has 0 unspecified atom stereocenters. The maximum atomic E-state index is 13.5. The molecule has 3 amide bonds. The molecule has 38 heavy (non-hydrogen) atoms. The van der Waals surface area contributed by atoms with E-state index in [0.717, 1.165) is 16.7 Å². The molecule has 0 saturated carbocycles. The number of nitrogen functional groups attached to an aromatic ring is 1. The predicted octanol–water partition coefficient (Wildman–Crippen LogP) is 2.99. The molecule has 10 nitrogen and oxygen atoms in total. The van der Waals surface area contributed by atoms with Crippen LogP contribution in [0.25, 0.3) is 10.9 Å². The number of piperazine rings is 1. The molecule has 3 heterocycles. The molecule has 1 saturated heterocycles. The lowest BCUT2D eigenvalue weighted by atomic mass is 10.1. The van der Waals surface area contributed by atoms with Crippen LogP contribution in [0.15, 0.2) is 42.5 Å². The van der Waals surface area contributed by atoms with Crippen molar-refractivity contribution in [3.8, 4) is 0 Å². The van der Waals surface area contributed by atoms with E-state index in [0.29, 0.717) is 50.2 Å². The van der Waals surface area contributed by atoms with Crippen LogP contribution in [0.1, 0.15) is 48.0 Å².